The minimum Gasteiger partial charge on any atom is -0.302 e. The number of pyridine rings is 1. The number of aromatic nitrogens is 3. The van der Waals surface area contributed by atoms with Gasteiger partial charge < -0.3 is 5.32 Å². The Hall–Kier alpha value is -1.68. The van der Waals surface area contributed by atoms with E-state index in [0.29, 0.717) is 0 Å². The molecule has 1 aliphatic heterocycles. The van der Waals surface area contributed by atoms with E-state index in [0.717, 1.165) is 13.1 Å². The molecule has 0 bridgehead atoms. The summed E-state index contributed by atoms with van der Waals surface area (Å²) in [6.45, 7) is 4.18. The third-order valence-electron chi connectivity index (χ3n) is 5.01. The molecule has 110 valence electrons. The zero-order valence-corrected chi connectivity index (χ0v) is 12.6. The summed E-state index contributed by atoms with van der Waals surface area (Å²) in [4.78, 5) is 4.26. The van der Waals surface area contributed by atoms with Crippen molar-refractivity contribution in [2.75, 3.05) is 0 Å². The maximum Gasteiger partial charge on any atom is 0.0794 e. The van der Waals surface area contributed by atoms with Crippen molar-refractivity contribution >= 4 is 0 Å². The van der Waals surface area contributed by atoms with Crippen LogP contribution in [0.5, 0.6) is 0 Å². The fourth-order valence-corrected chi connectivity index (χ4v) is 3.46. The molecule has 0 spiro atoms. The van der Waals surface area contributed by atoms with Crippen molar-refractivity contribution in [1.82, 2.24) is 20.1 Å². The lowest BCUT2D eigenvalue weighted by atomic mass is 10.0. The normalized spacial score (nSPS) is 19.3. The lowest BCUT2D eigenvalue weighted by Gasteiger charge is -2.17. The number of fused-ring (bicyclic) bond motifs is 1. The molecule has 1 aliphatic carbocycles. The Morgan fingerprint density at radius 2 is 2.24 bits per heavy atom. The van der Waals surface area contributed by atoms with Crippen LogP contribution in [0.4, 0.5) is 0 Å². The summed E-state index contributed by atoms with van der Waals surface area (Å²) in [6.07, 6.45) is 9.99. The molecule has 4 nitrogen and oxygen atoms in total. The number of hydrogen-bond donors (Lipinski definition) is 1. The van der Waals surface area contributed by atoms with Gasteiger partial charge in [0.05, 0.1) is 5.69 Å². The first-order valence-electron chi connectivity index (χ1n) is 7.99. The van der Waals surface area contributed by atoms with Crippen molar-refractivity contribution < 1.29 is 0 Å². The van der Waals surface area contributed by atoms with E-state index in [1.165, 1.54) is 54.6 Å². The lowest BCUT2D eigenvalue weighted by Crippen LogP contribution is -2.29. The van der Waals surface area contributed by atoms with Gasteiger partial charge in [0.25, 0.3) is 0 Å². The number of nitrogens with zero attached hydrogens (tertiary/aromatic N) is 3. The van der Waals surface area contributed by atoms with Gasteiger partial charge in [-0.2, -0.15) is 5.10 Å². The van der Waals surface area contributed by atoms with Gasteiger partial charge in [-0.05, 0) is 56.2 Å². The van der Waals surface area contributed by atoms with Crippen molar-refractivity contribution in [3.63, 3.8) is 0 Å². The highest BCUT2D eigenvalue weighted by molar-refractivity contribution is 5.29. The van der Waals surface area contributed by atoms with Crippen molar-refractivity contribution in [3.8, 4) is 0 Å². The van der Waals surface area contributed by atoms with E-state index in [1.54, 1.807) is 0 Å². The maximum atomic E-state index is 4.81. The molecule has 2 aliphatic rings. The van der Waals surface area contributed by atoms with Crippen molar-refractivity contribution in [2.24, 2.45) is 0 Å². The molecule has 1 saturated carbocycles. The summed E-state index contributed by atoms with van der Waals surface area (Å²) in [5, 5.41) is 8.55. The Kier molecular flexibility index (Phi) is 3.07. The van der Waals surface area contributed by atoms with E-state index in [9.17, 15) is 0 Å². The van der Waals surface area contributed by atoms with E-state index in [2.05, 4.69) is 28.0 Å². The van der Waals surface area contributed by atoms with Gasteiger partial charge in [0.2, 0.25) is 0 Å². The molecule has 0 saturated heterocycles. The van der Waals surface area contributed by atoms with Gasteiger partial charge in [0, 0.05) is 36.7 Å². The average molecular weight is 282 g/mol. The van der Waals surface area contributed by atoms with Gasteiger partial charge in [-0.15, -0.1) is 0 Å². The maximum absolute atomic E-state index is 4.81. The quantitative estimate of drug-likeness (QED) is 0.937. The van der Waals surface area contributed by atoms with Crippen LogP contribution in [0.25, 0.3) is 0 Å². The van der Waals surface area contributed by atoms with Crippen LogP contribution in [0.1, 0.15) is 48.2 Å². The summed E-state index contributed by atoms with van der Waals surface area (Å²) in [6, 6.07) is 4.20. The molecule has 1 fully saturated rings. The van der Waals surface area contributed by atoms with Gasteiger partial charge >= 0.3 is 0 Å². The Labute approximate surface area is 125 Å². The highest BCUT2D eigenvalue weighted by Gasteiger charge is 2.44. The van der Waals surface area contributed by atoms with Crippen LogP contribution >= 0.6 is 0 Å². The molecule has 4 rings (SSSR count). The van der Waals surface area contributed by atoms with Crippen LogP contribution in [0.3, 0.4) is 0 Å². The number of nitrogens with one attached hydrogen (secondary N) is 1. The Bertz CT molecular complexity index is 640. The molecule has 1 N–H and O–H groups in total. The molecule has 2 aromatic heterocycles. The number of hydrogen-bond acceptors (Lipinski definition) is 3. The van der Waals surface area contributed by atoms with E-state index in [4.69, 9.17) is 5.10 Å². The standard InChI is InChI=1S/C17H22N4/c1-13-15(20-21-10-3-2-6-16(13)21)12-19-17(7-8-17)14-5-4-9-18-11-14/h4-5,9,11,19H,2-3,6-8,10,12H2,1H3. The molecular weight excluding hydrogens is 260 g/mol. The highest BCUT2D eigenvalue weighted by Crippen LogP contribution is 2.45. The minimum atomic E-state index is 0.144. The SMILES string of the molecule is Cc1c(CNC2(c3cccnc3)CC2)nn2c1CCCC2. The second kappa shape index (κ2) is 4.95. The molecule has 0 unspecified atom stereocenters. The van der Waals surface area contributed by atoms with Gasteiger partial charge in [-0.25, -0.2) is 0 Å². The predicted molar refractivity (Wildman–Crippen MR) is 81.9 cm³/mol. The van der Waals surface area contributed by atoms with Crippen LogP contribution in [0, 0.1) is 6.92 Å². The molecule has 4 heteroatoms. The zero-order chi connectivity index (χ0) is 14.3. The Morgan fingerprint density at radius 3 is 2.95 bits per heavy atom. The summed E-state index contributed by atoms with van der Waals surface area (Å²) in [5.74, 6) is 0. The monoisotopic (exact) mass is 282 g/mol. The van der Waals surface area contributed by atoms with Crippen molar-refractivity contribution in [1.29, 1.82) is 0 Å². The summed E-state index contributed by atoms with van der Waals surface area (Å²) < 4.78 is 2.22. The van der Waals surface area contributed by atoms with Gasteiger partial charge in [0.1, 0.15) is 0 Å². The molecule has 2 aromatic rings. The molecule has 3 heterocycles. The molecule has 21 heavy (non-hydrogen) atoms. The second-order valence-electron chi connectivity index (χ2n) is 6.38. The second-order valence-corrected chi connectivity index (χ2v) is 6.38. The van der Waals surface area contributed by atoms with Gasteiger partial charge in [0.15, 0.2) is 0 Å². The highest BCUT2D eigenvalue weighted by atomic mass is 15.3. The molecule has 0 aromatic carbocycles. The first kappa shape index (κ1) is 13.0. The zero-order valence-electron chi connectivity index (χ0n) is 12.6. The Morgan fingerprint density at radius 1 is 1.33 bits per heavy atom. The van der Waals surface area contributed by atoms with Crippen LogP contribution in [-0.2, 0) is 25.0 Å². The van der Waals surface area contributed by atoms with E-state index in [1.807, 2.05) is 18.5 Å². The average Bonchev–Trinajstić information content (AvgIpc) is 3.27. The lowest BCUT2D eigenvalue weighted by molar-refractivity contribution is 0.472. The van der Waals surface area contributed by atoms with Gasteiger partial charge in [-0.3, -0.25) is 9.67 Å². The van der Waals surface area contributed by atoms with Crippen LogP contribution < -0.4 is 5.32 Å². The van der Waals surface area contributed by atoms with E-state index in [-0.39, 0.29) is 5.54 Å². The smallest absolute Gasteiger partial charge is 0.0794 e. The molecular formula is C17H22N4. The summed E-state index contributed by atoms with van der Waals surface area (Å²) in [5.41, 5.74) is 5.52. The van der Waals surface area contributed by atoms with Crippen LogP contribution in [-0.4, -0.2) is 14.8 Å². The molecule has 0 amide bonds. The van der Waals surface area contributed by atoms with E-state index >= 15 is 0 Å². The van der Waals surface area contributed by atoms with E-state index < -0.39 is 0 Å². The van der Waals surface area contributed by atoms with Crippen molar-refractivity contribution in [3.05, 3.63) is 47.0 Å². The fourth-order valence-electron chi connectivity index (χ4n) is 3.46. The first-order valence-corrected chi connectivity index (χ1v) is 7.99. The summed E-state index contributed by atoms with van der Waals surface area (Å²) >= 11 is 0. The van der Waals surface area contributed by atoms with Crippen molar-refractivity contribution in [2.45, 2.75) is 57.7 Å². The fraction of sp³-hybridized carbons (Fsp3) is 0.529. The van der Waals surface area contributed by atoms with Gasteiger partial charge in [-0.1, -0.05) is 6.07 Å². The number of rotatable bonds is 4. The summed E-state index contributed by atoms with van der Waals surface area (Å²) in [7, 11) is 0. The number of aryl methyl sites for hydroxylation is 1. The third kappa shape index (κ3) is 2.27. The first-order chi connectivity index (χ1) is 10.3. The van der Waals surface area contributed by atoms with Crippen LogP contribution in [0.15, 0.2) is 24.5 Å². The molecule has 0 atom stereocenters. The topological polar surface area (TPSA) is 42.7 Å². The third-order valence-corrected chi connectivity index (χ3v) is 5.01. The molecule has 0 radical (unpaired) electrons. The Balaban J connectivity index is 1.52. The largest absolute Gasteiger partial charge is 0.302 e. The predicted octanol–water partition coefficient (Wildman–Crippen LogP) is 2.70. The minimum absolute atomic E-state index is 0.144. The van der Waals surface area contributed by atoms with Crippen LogP contribution in [0.2, 0.25) is 0 Å².